The van der Waals surface area contributed by atoms with Crippen LogP contribution >= 0.6 is 0 Å². The first-order valence-electron chi connectivity index (χ1n) is 6.39. The number of aryl methyl sites for hydroxylation is 2. The first-order valence-corrected chi connectivity index (χ1v) is 6.39. The van der Waals surface area contributed by atoms with E-state index in [1.54, 1.807) is 19.1 Å². The SMILES string of the molecule is CCc1cccc(C)c1OC(C)OCC(F)(F)C(F)(F)F. The van der Waals surface area contributed by atoms with Crippen LogP contribution in [0.25, 0.3) is 0 Å². The maximum absolute atomic E-state index is 12.7. The van der Waals surface area contributed by atoms with Crippen LogP contribution in [0.1, 0.15) is 25.0 Å². The van der Waals surface area contributed by atoms with E-state index in [1.807, 2.05) is 13.0 Å². The zero-order chi connectivity index (χ0) is 16.3. The van der Waals surface area contributed by atoms with Gasteiger partial charge in [0.25, 0.3) is 0 Å². The van der Waals surface area contributed by atoms with Crippen molar-refractivity contribution in [3.8, 4) is 5.75 Å². The van der Waals surface area contributed by atoms with E-state index in [0.29, 0.717) is 12.2 Å². The normalized spacial score (nSPS) is 14.1. The van der Waals surface area contributed by atoms with Crippen LogP contribution in [-0.4, -0.2) is 25.0 Å². The molecule has 0 aliphatic carbocycles. The number of hydrogen-bond acceptors (Lipinski definition) is 2. The largest absolute Gasteiger partial charge is 0.465 e. The van der Waals surface area contributed by atoms with Crippen LogP contribution in [0.2, 0.25) is 0 Å². The van der Waals surface area contributed by atoms with Crippen LogP contribution in [0.15, 0.2) is 18.2 Å². The Morgan fingerprint density at radius 3 is 2.29 bits per heavy atom. The number of alkyl halides is 5. The quantitative estimate of drug-likeness (QED) is 0.569. The van der Waals surface area contributed by atoms with Crippen molar-refractivity contribution < 1.29 is 31.4 Å². The molecule has 2 nitrogen and oxygen atoms in total. The lowest BCUT2D eigenvalue weighted by Gasteiger charge is -2.23. The second-order valence-corrected chi connectivity index (χ2v) is 4.62. The minimum atomic E-state index is -5.63. The molecular formula is C14H17F5O2. The van der Waals surface area contributed by atoms with Crippen LogP contribution in [0.3, 0.4) is 0 Å². The second-order valence-electron chi connectivity index (χ2n) is 4.62. The number of ether oxygens (including phenoxy) is 2. The van der Waals surface area contributed by atoms with Gasteiger partial charge in [-0.25, -0.2) is 0 Å². The van der Waals surface area contributed by atoms with E-state index >= 15 is 0 Å². The van der Waals surface area contributed by atoms with Gasteiger partial charge in [0, 0.05) is 0 Å². The van der Waals surface area contributed by atoms with Crippen LogP contribution in [0.4, 0.5) is 22.0 Å². The Labute approximate surface area is 119 Å². The third-order valence-electron chi connectivity index (χ3n) is 2.87. The molecule has 0 aliphatic rings. The highest BCUT2D eigenvalue weighted by atomic mass is 19.4. The van der Waals surface area contributed by atoms with Gasteiger partial charge in [0.05, 0.1) is 0 Å². The molecule has 0 bridgehead atoms. The van der Waals surface area contributed by atoms with Crippen molar-refractivity contribution in [2.75, 3.05) is 6.61 Å². The molecule has 0 radical (unpaired) electrons. The topological polar surface area (TPSA) is 18.5 Å². The van der Waals surface area contributed by atoms with Crippen LogP contribution in [0, 0.1) is 6.92 Å². The predicted molar refractivity (Wildman–Crippen MR) is 67.6 cm³/mol. The summed E-state index contributed by atoms with van der Waals surface area (Å²) in [7, 11) is 0. The minimum Gasteiger partial charge on any atom is -0.465 e. The van der Waals surface area contributed by atoms with Crippen molar-refractivity contribution in [3.05, 3.63) is 29.3 Å². The molecule has 0 fully saturated rings. The van der Waals surface area contributed by atoms with Gasteiger partial charge in [0.15, 0.2) is 6.29 Å². The molecule has 0 aliphatic heterocycles. The Morgan fingerprint density at radius 2 is 1.76 bits per heavy atom. The zero-order valence-corrected chi connectivity index (χ0v) is 11.9. The van der Waals surface area contributed by atoms with Gasteiger partial charge in [-0.1, -0.05) is 25.1 Å². The van der Waals surface area contributed by atoms with Crippen LogP contribution < -0.4 is 4.74 Å². The summed E-state index contributed by atoms with van der Waals surface area (Å²) in [4.78, 5) is 0. The molecule has 0 saturated heterocycles. The predicted octanol–water partition coefficient (Wildman–Crippen LogP) is 4.50. The van der Waals surface area contributed by atoms with Crippen molar-refractivity contribution in [2.45, 2.75) is 45.6 Å². The van der Waals surface area contributed by atoms with Gasteiger partial charge in [-0.3, -0.25) is 0 Å². The summed E-state index contributed by atoms with van der Waals surface area (Å²) >= 11 is 0. The highest BCUT2D eigenvalue weighted by Crippen LogP contribution is 2.36. The van der Waals surface area contributed by atoms with Crippen molar-refractivity contribution in [1.29, 1.82) is 0 Å². The van der Waals surface area contributed by atoms with E-state index in [0.717, 1.165) is 11.1 Å². The average Bonchev–Trinajstić information content (AvgIpc) is 2.37. The Bertz CT molecular complexity index is 471. The summed E-state index contributed by atoms with van der Waals surface area (Å²) in [5.41, 5.74) is 1.58. The summed E-state index contributed by atoms with van der Waals surface area (Å²) in [6, 6.07) is 5.36. The summed E-state index contributed by atoms with van der Waals surface area (Å²) in [5.74, 6) is -4.45. The molecule has 0 N–H and O–H groups in total. The Hall–Kier alpha value is -1.37. The fourth-order valence-corrected chi connectivity index (χ4v) is 1.66. The molecule has 1 aromatic carbocycles. The van der Waals surface area contributed by atoms with Gasteiger partial charge in [-0.15, -0.1) is 0 Å². The van der Waals surface area contributed by atoms with Crippen molar-refractivity contribution >= 4 is 0 Å². The lowest BCUT2D eigenvalue weighted by Crippen LogP contribution is -2.42. The van der Waals surface area contributed by atoms with Gasteiger partial charge in [-0.2, -0.15) is 22.0 Å². The monoisotopic (exact) mass is 312 g/mol. The van der Waals surface area contributed by atoms with Gasteiger partial charge < -0.3 is 9.47 Å². The van der Waals surface area contributed by atoms with E-state index < -0.39 is 25.0 Å². The Balaban J connectivity index is 2.69. The van der Waals surface area contributed by atoms with Crippen molar-refractivity contribution in [2.24, 2.45) is 0 Å². The Morgan fingerprint density at radius 1 is 1.14 bits per heavy atom. The van der Waals surface area contributed by atoms with E-state index in [2.05, 4.69) is 4.74 Å². The molecule has 0 heterocycles. The molecule has 0 saturated carbocycles. The second kappa shape index (κ2) is 6.60. The molecule has 1 unspecified atom stereocenters. The average molecular weight is 312 g/mol. The van der Waals surface area contributed by atoms with Crippen LogP contribution in [0.5, 0.6) is 5.75 Å². The van der Waals surface area contributed by atoms with Gasteiger partial charge in [0.2, 0.25) is 0 Å². The molecule has 21 heavy (non-hydrogen) atoms. The van der Waals surface area contributed by atoms with E-state index in [-0.39, 0.29) is 0 Å². The number of rotatable bonds is 6. The summed E-state index contributed by atoms with van der Waals surface area (Å²) < 4.78 is 71.4. The van der Waals surface area contributed by atoms with Gasteiger partial charge in [0.1, 0.15) is 12.4 Å². The highest BCUT2D eigenvalue weighted by Gasteiger charge is 2.57. The number of benzene rings is 1. The molecule has 7 heteroatoms. The summed E-state index contributed by atoms with van der Waals surface area (Å²) in [6.45, 7) is 3.14. The molecule has 1 aromatic rings. The molecule has 120 valence electrons. The molecule has 1 atom stereocenters. The number of hydrogen-bond donors (Lipinski definition) is 0. The van der Waals surface area contributed by atoms with Gasteiger partial charge >= 0.3 is 12.1 Å². The lowest BCUT2D eigenvalue weighted by molar-refractivity contribution is -0.305. The highest BCUT2D eigenvalue weighted by molar-refractivity contribution is 5.40. The third-order valence-corrected chi connectivity index (χ3v) is 2.87. The molecule has 1 rings (SSSR count). The lowest BCUT2D eigenvalue weighted by atomic mass is 10.1. The summed E-state index contributed by atoms with van der Waals surface area (Å²) in [6.07, 6.45) is -6.21. The number of para-hydroxylation sites is 1. The van der Waals surface area contributed by atoms with Crippen molar-refractivity contribution in [1.82, 2.24) is 0 Å². The van der Waals surface area contributed by atoms with Crippen molar-refractivity contribution in [3.63, 3.8) is 0 Å². The smallest absolute Gasteiger partial charge is 0.455 e. The Kier molecular flexibility index (Phi) is 5.55. The number of halogens is 5. The molecule has 0 spiro atoms. The fraction of sp³-hybridized carbons (Fsp3) is 0.571. The standard InChI is InChI=1S/C14H17F5O2/c1-4-11-7-5-6-9(2)12(11)21-10(3)20-8-13(15,16)14(17,18)19/h5-7,10H,4,8H2,1-3H3. The molecule has 0 amide bonds. The van der Waals surface area contributed by atoms with E-state index in [9.17, 15) is 22.0 Å². The van der Waals surface area contributed by atoms with Gasteiger partial charge in [-0.05, 0) is 31.4 Å². The first kappa shape index (κ1) is 17.7. The molecular weight excluding hydrogens is 295 g/mol. The maximum Gasteiger partial charge on any atom is 0.455 e. The van der Waals surface area contributed by atoms with Crippen LogP contribution in [-0.2, 0) is 11.2 Å². The third kappa shape index (κ3) is 4.56. The van der Waals surface area contributed by atoms with E-state index in [1.165, 1.54) is 6.92 Å². The fourth-order valence-electron chi connectivity index (χ4n) is 1.66. The maximum atomic E-state index is 12.7. The molecule has 0 aromatic heterocycles. The minimum absolute atomic E-state index is 0.447. The zero-order valence-electron chi connectivity index (χ0n) is 11.9. The summed E-state index contributed by atoms with van der Waals surface area (Å²) in [5, 5.41) is 0. The first-order chi connectivity index (χ1) is 9.58. The van der Waals surface area contributed by atoms with E-state index in [4.69, 9.17) is 4.74 Å².